The van der Waals surface area contributed by atoms with Crippen molar-refractivity contribution in [2.75, 3.05) is 37.4 Å². The van der Waals surface area contributed by atoms with Gasteiger partial charge in [0.05, 0.1) is 21.5 Å². The summed E-state index contributed by atoms with van der Waals surface area (Å²) in [5, 5.41) is 12.6. The van der Waals surface area contributed by atoms with Gasteiger partial charge in [0, 0.05) is 25.3 Å². The zero-order valence-corrected chi connectivity index (χ0v) is 19.1. The quantitative estimate of drug-likeness (QED) is 0.138. The van der Waals surface area contributed by atoms with Gasteiger partial charge >= 0.3 is 0 Å². The summed E-state index contributed by atoms with van der Waals surface area (Å²) in [6.07, 6.45) is 7.59. The number of aliphatic imine (C=N–C) groups is 1. The van der Waals surface area contributed by atoms with Crippen LogP contribution in [0.3, 0.4) is 0 Å². The summed E-state index contributed by atoms with van der Waals surface area (Å²) < 4.78 is 17.4. The SMILES string of the molecule is C=N/C=C\SCNSc1cc(Cl)c(NCCCCNCC2CCCCN2)cc1F. The minimum absolute atomic E-state index is 0.288. The smallest absolute Gasteiger partial charge is 0.140 e. The Morgan fingerprint density at radius 3 is 2.97 bits per heavy atom. The van der Waals surface area contributed by atoms with Gasteiger partial charge in [0.15, 0.2) is 0 Å². The van der Waals surface area contributed by atoms with Gasteiger partial charge in [-0.05, 0) is 75.0 Å². The molecule has 9 heteroatoms. The number of thioether (sulfide) groups is 1. The first-order valence-corrected chi connectivity index (χ1v) is 12.2. The van der Waals surface area contributed by atoms with Crippen molar-refractivity contribution < 1.29 is 4.39 Å². The lowest BCUT2D eigenvalue weighted by molar-refractivity contribution is 0.383. The number of anilines is 1. The maximum Gasteiger partial charge on any atom is 0.140 e. The van der Waals surface area contributed by atoms with E-state index in [1.807, 2.05) is 5.41 Å². The number of benzene rings is 1. The summed E-state index contributed by atoms with van der Waals surface area (Å²) in [7, 11) is 0. The van der Waals surface area contributed by atoms with Gasteiger partial charge in [-0.1, -0.05) is 18.0 Å². The van der Waals surface area contributed by atoms with E-state index in [9.17, 15) is 4.39 Å². The Hall–Kier alpha value is -0.770. The predicted octanol–water partition coefficient (Wildman–Crippen LogP) is 4.86. The molecule has 1 unspecified atom stereocenters. The van der Waals surface area contributed by atoms with E-state index in [1.165, 1.54) is 49.0 Å². The topological polar surface area (TPSA) is 60.5 Å². The fraction of sp³-hybridized carbons (Fsp3) is 0.550. The number of rotatable bonds is 14. The Kier molecular flexibility index (Phi) is 12.8. The third-order valence-corrected chi connectivity index (χ3v) is 6.45. The molecule has 1 aromatic carbocycles. The minimum Gasteiger partial charge on any atom is -0.384 e. The fourth-order valence-corrected chi connectivity index (χ4v) is 4.55. The molecule has 4 N–H and O–H groups in total. The lowest BCUT2D eigenvalue weighted by atomic mass is 10.1. The van der Waals surface area contributed by atoms with E-state index in [4.69, 9.17) is 11.6 Å². The number of halogens is 2. The molecule has 1 atom stereocenters. The summed E-state index contributed by atoms with van der Waals surface area (Å²) in [5.41, 5.74) is 0.641. The number of hydrogen-bond donors (Lipinski definition) is 4. The summed E-state index contributed by atoms with van der Waals surface area (Å²) in [6, 6.07) is 3.74. The molecule has 1 aromatic rings. The van der Waals surface area contributed by atoms with Gasteiger partial charge in [0.25, 0.3) is 0 Å². The molecule has 5 nitrogen and oxygen atoms in total. The maximum atomic E-state index is 14.3. The summed E-state index contributed by atoms with van der Waals surface area (Å²) >= 11 is 9.05. The molecule has 0 amide bonds. The third kappa shape index (κ3) is 10.2. The van der Waals surface area contributed by atoms with Crippen molar-refractivity contribution in [3.8, 4) is 0 Å². The zero-order valence-electron chi connectivity index (χ0n) is 16.7. The highest BCUT2D eigenvalue weighted by molar-refractivity contribution is 8.03. The molecule has 1 fully saturated rings. The Morgan fingerprint density at radius 1 is 1.31 bits per heavy atom. The Bertz CT molecular complexity index is 642. The van der Waals surface area contributed by atoms with Crippen LogP contribution in [0.25, 0.3) is 0 Å². The van der Waals surface area contributed by atoms with Crippen LogP contribution in [0.15, 0.2) is 33.6 Å². The van der Waals surface area contributed by atoms with E-state index in [0.717, 1.165) is 39.0 Å². The molecule has 0 spiro atoms. The van der Waals surface area contributed by atoms with E-state index < -0.39 is 0 Å². The molecule has 0 saturated carbocycles. The summed E-state index contributed by atoms with van der Waals surface area (Å²) in [6.45, 7) is 7.31. The molecule has 0 bridgehead atoms. The second-order valence-electron chi connectivity index (χ2n) is 6.77. The van der Waals surface area contributed by atoms with Crippen molar-refractivity contribution in [3.05, 3.63) is 34.6 Å². The van der Waals surface area contributed by atoms with Crippen LogP contribution < -0.4 is 20.7 Å². The van der Waals surface area contributed by atoms with Crippen LogP contribution in [0.4, 0.5) is 10.1 Å². The highest BCUT2D eigenvalue weighted by atomic mass is 35.5. The van der Waals surface area contributed by atoms with Crippen LogP contribution in [0.2, 0.25) is 5.02 Å². The molecule has 2 rings (SSSR count). The molecule has 1 aliphatic rings. The highest BCUT2D eigenvalue weighted by Gasteiger charge is 2.11. The van der Waals surface area contributed by atoms with Gasteiger partial charge in [0.1, 0.15) is 5.82 Å². The molecule has 29 heavy (non-hydrogen) atoms. The first-order chi connectivity index (χ1) is 14.2. The monoisotopic (exact) mass is 459 g/mol. The molecule has 0 radical (unpaired) electrons. The van der Waals surface area contributed by atoms with E-state index >= 15 is 0 Å². The molecule has 0 aliphatic carbocycles. The summed E-state index contributed by atoms with van der Waals surface area (Å²) in [5.74, 6) is 0.336. The molecule has 1 saturated heterocycles. The Labute approximate surface area is 187 Å². The van der Waals surface area contributed by atoms with Crippen LogP contribution in [-0.4, -0.2) is 44.8 Å². The predicted molar refractivity (Wildman–Crippen MR) is 128 cm³/mol. The first kappa shape index (κ1) is 24.5. The van der Waals surface area contributed by atoms with E-state index in [0.29, 0.717) is 27.5 Å². The fourth-order valence-electron chi connectivity index (χ4n) is 2.99. The molecular weight excluding hydrogens is 429 g/mol. The average Bonchev–Trinajstić information content (AvgIpc) is 2.73. The second kappa shape index (κ2) is 15.1. The van der Waals surface area contributed by atoms with Crippen molar-refractivity contribution >= 4 is 47.7 Å². The number of nitrogens with zero attached hydrogens (tertiary/aromatic N) is 1. The molecule has 162 valence electrons. The Morgan fingerprint density at radius 2 is 2.17 bits per heavy atom. The lowest BCUT2D eigenvalue weighted by Gasteiger charge is -2.23. The van der Waals surface area contributed by atoms with Crippen molar-refractivity contribution in [1.82, 2.24) is 15.4 Å². The minimum atomic E-state index is -0.288. The van der Waals surface area contributed by atoms with Crippen molar-refractivity contribution in [3.63, 3.8) is 0 Å². The molecular formula is C20H31ClFN5S2. The normalized spacial score (nSPS) is 17.0. The number of hydrogen-bond acceptors (Lipinski definition) is 7. The van der Waals surface area contributed by atoms with Gasteiger partial charge in [-0.25, -0.2) is 9.11 Å². The average molecular weight is 460 g/mol. The van der Waals surface area contributed by atoms with Crippen LogP contribution in [-0.2, 0) is 0 Å². The largest absolute Gasteiger partial charge is 0.384 e. The number of nitrogens with one attached hydrogen (secondary N) is 4. The lowest BCUT2D eigenvalue weighted by Crippen LogP contribution is -2.41. The second-order valence-corrected chi connectivity index (χ2v) is 9.01. The standard InChI is InChI=1S/C20H31ClFN5S2/c1-23-10-11-28-15-27-29-20-12-17(21)19(13-18(20)22)26-9-5-4-7-24-14-16-6-2-3-8-25-16/h10-13,16,24-27H,1-9,14-15H2/b11-10-. The highest BCUT2D eigenvalue weighted by Crippen LogP contribution is 2.30. The zero-order chi connectivity index (χ0) is 20.7. The van der Waals surface area contributed by atoms with E-state index in [2.05, 4.69) is 32.4 Å². The Balaban J connectivity index is 1.60. The van der Waals surface area contributed by atoms with Gasteiger partial charge in [-0.15, -0.1) is 11.8 Å². The molecule has 0 aromatic heterocycles. The van der Waals surface area contributed by atoms with Crippen LogP contribution in [0, 0.1) is 5.82 Å². The van der Waals surface area contributed by atoms with E-state index in [-0.39, 0.29) is 5.82 Å². The number of piperidine rings is 1. The van der Waals surface area contributed by atoms with Crippen LogP contribution in [0.5, 0.6) is 0 Å². The van der Waals surface area contributed by atoms with Crippen molar-refractivity contribution in [1.29, 1.82) is 0 Å². The molecule has 1 heterocycles. The van der Waals surface area contributed by atoms with E-state index in [1.54, 1.807) is 12.3 Å². The van der Waals surface area contributed by atoms with Gasteiger partial charge in [-0.2, -0.15) is 0 Å². The molecule has 1 aliphatic heterocycles. The van der Waals surface area contributed by atoms with Crippen molar-refractivity contribution in [2.45, 2.75) is 43.0 Å². The van der Waals surface area contributed by atoms with Crippen LogP contribution in [0.1, 0.15) is 32.1 Å². The summed E-state index contributed by atoms with van der Waals surface area (Å²) in [4.78, 5) is 4.09. The first-order valence-electron chi connectivity index (χ1n) is 10.00. The van der Waals surface area contributed by atoms with Crippen molar-refractivity contribution in [2.24, 2.45) is 4.99 Å². The maximum absolute atomic E-state index is 14.3. The van der Waals surface area contributed by atoms with Gasteiger partial charge in [-0.3, -0.25) is 4.99 Å². The number of unbranched alkanes of at least 4 members (excludes halogenated alkanes) is 1. The third-order valence-electron chi connectivity index (χ3n) is 4.51. The van der Waals surface area contributed by atoms with Crippen LogP contribution >= 0.6 is 35.3 Å². The van der Waals surface area contributed by atoms with Gasteiger partial charge < -0.3 is 16.0 Å². The van der Waals surface area contributed by atoms with Gasteiger partial charge in [0.2, 0.25) is 0 Å².